The average molecular weight is 378 g/mol. The van der Waals surface area contributed by atoms with Gasteiger partial charge in [0.25, 0.3) is 0 Å². The van der Waals surface area contributed by atoms with Gasteiger partial charge in [-0.2, -0.15) is 0 Å². The van der Waals surface area contributed by atoms with E-state index in [0.717, 1.165) is 37.9 Å². The second-order valence-corrected chi connectivity index (χ2v) is 7.39. The van der Waals surface area contributed by atoms with Crippen LogP contribution in [0.1, 0.15) is 37.7 Å². The molecular weight excluding hydrogens is 354 g/mol. The highest BCUT2D eigenvalue weighted by molar-refractivity contribution is 6.02. The van der Waals surface area contributed by atoms with Gasteiger partial charge in [0.05, 0.1) is 6.54 Å². The molecule has 0 bridgehead atoms. The molecule has 1 unspecified atom stereocenters. The van der Waals surface area contributed by atoms with Gasteiger partial charge < -0.3 is 10.6 Å². The Morgan fingerprint density at radius 1 is 1.15 bits per heavy atom. The van der Waals surface area contributed by atoms with E-state index in [-0.39, 0.29) is 60.8 Å². The number of piperidine rings is 1. The molecule has 1 atom stereocenters. The van der Waals surface area contributed by atoms with Crippen molar-refractivity contribution in [2.45, 2.75) is 38.6 Å². The quantitative estimate of drug-likeness (QED) is 0.787. The monoisotopic (exact) mass is 377 g/mol. The lowest BCUT2D eigenvalue weighted by molar-refractivity contribution is -0.139. The molecule has 4 rings (SSSR count). The fraction of sp³-hybridized carbons (Fsp3) is 0.526. The fourth-order valence-corrected chi connectivity index (χ4v) is 4.17. The summed E-state index contributed by atoms with van der Waals surface area (Å²) in [6, 6.07) is 7.43. The smallest absolute Gasteiger partial charge is 0.229 e. The number of halogens is 1. The molecule has 1 saturated carbocycles. The summed E-state index contributed by atoms with van der Waals surface area (Å²) in [5, 5.41) is 6.39. The first-order chi connectivity index (χ1) is 12.1. The van der Waals surface area contributed by atoms with Gasteiger partial charge in [0.2, 0.25) is 17.7 Å². The van der Waals surface area contributed by atoms with Crippen LogP contribution in [0.2, 0.25) is 0 Å². The molecule has 7 heteroatoms. The van der Waals surface area contributed by atoms with Crippen LogP contribution in [0.3, 0.4) is 0 Å². The maximum atomic E-state index is 12.7. The van der Waals surface area contributed by atoms with Crippen molar-refractivity contribution in [3.8, 4) is 0 Å². The van der Waals surface area contributed by atoms with E-state index < -0.39 is 0 Å². The molecule has 1 aromatic rings. The maximum Gasteiger partial charge on any atom is 0.229 e. The lowest BCUT2D eigenvalue weighted by atomic mass is 9.91. The molecule has 0 radical (unpaired) electrons. The lowest BCUT2D eigenvalue weighted by Gasteiger charge is -2.23. The molecule has 140 valence electrons. The van der Waals surface area contributed by atoms with Gasteiger partial charge >= 0.3 is 0 Å². The van der Waals surface area contributed by atoms with Gasteiger partial charge in [-0.05, 0) is 49.4 Å². The average Bonchev–Trinajstić information content (AvgIpc) is 3.22. The standard InChI is InChI=1S/C19H23N3O3.ClH/c23-16-5-6-17(24)22(16)12-13-3-1-2-4-15(13)21-18(25)14-11-19(14)7-9-20-10-8-19;/h1-4,14,20H,5-12H2,(H,21,25);1H. The molecule has 0 aromatic heterocycles. The summed E-state index contributed by atoms with van der Waals surface area (Å²) in [5.41, 5.74) is 1.70. The number of anilines is 1. The zero-order chi connectivity index (χ0) is 17.4. The van der Waals surface area contributed by atoms with E-state index in [9.17, 15) is 14.4 Å². The Morgan fingerprint density at radius 3 is 2.50 bits per heavy atom. The topological polar surface area (TPSA) is 78.5 Å². The van der Waals surface area contributed by atoms with Crippen LogP contribution in [0.15, 0.2) is 24.3 Å². The summed E-state index contributed by atoms with van der Waals surface area (Å²) >= 11 is 0. The molecule has 3 amide bonds. The lowest BCUT2D eigenvalue weighted by Crippen LogP contribution is -2.32. The van der Waals surface area contributed by atoms with Crippen LogP contribution in [0.25, 0.3) is 0 Å². The van der Waals surface area contributed by atoms with Gasteiger partial charge in [0, 0.05) is 24.4 Å². The van der Waals surface area contributed by atoms with Crippen molar-refractivity contribution in [1.29, 1.82) is 0 Å². The highest BCUT2D eigenvalue weighted by atomic mass is 35.5. The number of amides is 3. The zero-order valence-electron chi connectivity index (χ0n) is 14.6. The van der Waals surface area contributed by atoms with E-state index in [0.29, 0.717) is 5.69 Å². The number of para-hydroxylation sites is 1. The molecule has 2 aliphatic heterocycles. The summed E-state index contributed by atoms with van der Waals surface area (Å²) in [7, 11) is 0. The van der Waals surface area contributed by atoms with Gasteiger partial charge in [-0.1, -0.05) is 18.2 Å². The second kappa shape index (κ2) is 7.37. The number of imide groups is 1. The number of hydrogen-bond donors (Lipinski definition) is 2. The van der Waals surface area contributed by atoms with Crippen LogP contribution in [-0.4, -0.2) is 35.7 Å². The molecule has 2 N–H and O–H groups in total. The van der Waals surface area contributed by atoms with Gasteiger partial charge in [-0.15, -0.1) is 12.4 Å². The van der Waals surface area contributed by atoms with Crippen LogP contribution >= 0.6 is 12.4 Å². The van der Waals surface area contributed by atoms with Gasteiger partial charge in [-0.25, -0.2) is 0 Å². The minimum atomic E-state index is -0.137. The van der Waals surface area contributed by atoms with Crippen LogP contribution in [-0.2, 0) is 20.9 Å². The Balaban J connectivity index is 0.00000196. The zero-order valence-corrected chi connectivity index (χ0v) is 15.4. The maximum absolute atomic E-state index is 12.7. The number of rotatable bonds is 4. The van der Waals surface area contributed by atoms with E-state index in [1.807, 2.05) is 24.3 Å². The van der Waals surface area contributed by atoms with E-state index in [2.05, 4.69) is 10.6 Å². The summed E-state index contributed by atoms with van der Waals surface area (Å²) < 4.78 is 0. The van der Waals surface area contributed by atoms with Gasteiger partial charge in [-0.3, -0.25) is 19.3 Å². The highest BCUT2D eigenvalue weighted by Crippen LogP contribution is 2.58. The Hall–Kier alpha value is -1.92. The number of carbonyl (C=O) groups is 3. The van der Waals surface area contributed by atoms with Gasteiger partial charge in [0.1, 0.15) is 0 Å². The minimum Gasteiger partial charge on any atom is -0.326 e. The molecule has 6 nitrogen and oxygen atoms in total. The van der Waals surface area contributed by atoms with Crippen molar-refractivity contribution in [2.75, 3.05) is 18.4 Å². The minimum absolute atomic E-state index is 0. The first-order valence-corrected chi connectivity index (χ1v) is 9.02. The molecule has 3 aliphatic rings. The third kappa shape index (κ3) is 3.48. The number of likely N-dealkylation sites (tertiary alicyclic amines) is 1. The summed E-state index contributed by atoms with van der Waals surface area (Å²) in [6.45, 7) is 2.20. The number of nitrogens with zero attached hydrogens (tertiary/aromatic N) is 1. The van der Waals surface area contributed by atoms with E-state index in [4.69, 9.17) is 0 Å². The molecule has 26 heavy (non-hydrogen) atoms. The predicted octanol–water partition coefficient (Wildman–Crippen LogP) is 2.09. The molecule has 1 aliphatic carbocycles. The Kier molecular flexibility index (Phi) is 5.34. The summed E-state index contributed by atoms with van der Waals surface area (Å²) in [6.07, 6.45) is 3.65. The van der Waals surface area contributed by atoms with E-state index in [1.165, 1.54) is 4.90 Å². The van der Waals surface area contributed by atoms with E-state index in [1.54, 1.807) is 0 Å². The third-order valence-corrected chi connectivity index (χ3v) is 5.86. The summed E-state index contributed by atoms with van der Waals surface area (Å²) in [4.78, 5) is 37.7. The van der Waals surface area contributed by atoms with Crippen LogP contribution in [0.5, 0.6) is 0 Å². The molecule has 1 aromatic carbocycles. The number of nitrogens with one attached hydrogen (secondary N) is 2. The Labute approximate surface area is 159 Å². The van der Waals surface area contributed by atoms with Crippen molar-refractivity contribution in [3.05, 3.63) is 29.8 Å². The number of hydrogen-bond acceptors (Lipinski definition) is 4. The molecule has 2 saturated heterocycles. The highest BCUT2D eigenvalue weighted by Gasteiger charge is 2.57. The van der Waals surface area contributed by atoms with Gasteiger partial charge in [0.15, 0.2) is 0 Å². The van der Waals surface area contributed by atoms with Crippen molar-refractivity contribution >= 4 is 35.8 Å². The number of carbonyl (C=O) groups excluding carboxylic acids is 3. The SMILES string of the molecule is Cl.O=C(Nc1ccccc1CN1C(=O)CCC1=O)C1CC12CCNCC2. The normalized spacial score (nSPS) is 23.7. The molecular formula is C19H24ClN3O3. The Bertz CT molecular complexity index is 714. The largest absolute Gasteiger partial charge is 0.326 e. The number of benzene rings is 1. The van der Waals surface area contributed by atoms with Crippen molar-refractivity contribution in [2.24, 2.45) is 11.3 Å². The summed E-state index contributed by atoms with van der Waals surface area (Å²) in [5.74, 6) is -0.130. The Morgan fingerprint density at radius 2 is 1.81 bits per heavy atom. The molecule has 2 heterocycles. The van der Waals surface area contributed by atoms with Crippen molar-refractivity contribution < 1.29 is 14.4 Å². The van der Waals surface area contributed by atoms with Crippen molar-refractivity contribution in [3.63, 3.8) is 0 Å². The van der Waals surface area contributed by atoms with Crippen LogP contribution in [0, 0.1) is 11.3 Å². The van der Waals surface area contributed by atoms with Crippen LogP contribution in [0.4, 0.5) is 5.69 Å². The molecule has 3 fully saturated rings. The predicted molar refractivity (Wildman–Crippen MR) is 99.8 cm³/mol. The van der Waals surface area contributed by atoms with E-state index >= 15 is 0 Å². The van der Waals surface area contributed by atoms with Crippen molar-refractivity contribution in [1.82, 2.24) is 10.2 Å². The first-order valence-electron chi connectivity index (χ1n) is 9.02. The molecule has 1 spiro atoms. The third-order valence-electron chi connectivity index (χ3n) is 5.86. The first kappa shape index (κ1) is 18.9. The second-order valence-electron chi connectivity index (χ2n) is 7.39. The fourth-order valence-electron chi connectivity index (χ4n) is 4.17. The van der Waals surface area contributed by atoms with Crippen LogP contribution < -0.4 is 10.6 Å².